The first-order chi connectivity index (χ1) is 6.02. The lowest BCUT2D eigenvalue weighted by molar-refractivity contribution is 0.397. The van der Waals surface area contributed by atoms with Gasteiger partial charge in [-0.1, -0.05) is 23.2 Å². The fourth-order valence-corrected chi connectivity index (χ4v) is 1.21. The summed E-state index contributed by atoms with van der Waals surface area (Å²) in [5.74, 6) is 0. The van der Waals surface area contributed by atoms with E-state index in [-0.39, 0.29) is 0 Å². The number of halogens is 2. The zero-order valence-corrected chi connectivity index (χ0v) is 9.39. The maximum atomic E-state index is 5.89. The van der Waals surface area contributed by atoms with Crippen LogP contribution in [0.5, 0.6) is 0 Å². The SMILES string of the molecule is CN(C)N(C)c1ccc(Cl)c(Cl)c1. The molecule has 1 aromatic carbocycles. The second-order valence-electron chi connectivity index (χ2n) is 2.97. The minimum atomic E-state index is 0.577. The van der Waals surface area contributed by atoms with Crippen molar-refractivity contribution in [3.63, 3.8) is 0 Å². The van der Waals surface area contributed by atoms with Crippen molar-refractivity contribution in [1.82, 2.24) is 5.01 Å². The molecule has 0 aliphatic rings. The Kier molecular flexibility index (Phi) is 3.42. The van der Waals surface area contributed by atoms with Crippen LogP contribution in [0.25, 0.3) is 0 Å². The summed E-state index contributed by atoms with van der Waals surface area (Å²) < 4.78 is 0. The van der Waals surface area contributed by atoms with Crippen LogP contribution in [-0.2, 0) is 0 Å². The Balaban J connectivity index is 2.97. The molecule has 0 heterocycles. The summed E-state index contributed by atoms with van der Waals surface area (Å²) in [7, 11) is 5.88. The highest BCUT2D eigenvalue weighted by Gasteiger charge is 2.04. The maximum absolute atomic E-state index is 5.89. The summed E-state index contributed by atoms with van der Waals surface area (Å²) >= 11 is 11.7. The third-order valence-corrected chi connectivity index (χ3v) is 2.62. The van der Waals surface area contributed by atoms with Gasteiger partial charge in [-0.3, -0.25) is 0 Å². The van der Waals surface area contributed by atoms with Crippen LogP contribution >= 0.6 is 23.2 Å². The van der Waals surface area contributed by atoms with E-state index >= 15 is 0 Å². The van der Waals surface area contributed by atoms with Gasteiger partial charge in [0.2, 0.25) is 0 Å². The van der Waals surface area contributed by atoms with Gasteiger partial charge in [0.15, 0.2) is 0 Å². The molecule has 0 saturated carbocycles. The first kappa shape index (κ1) is 10.6. The van der Waals surface area contributed by atoms with Crippen LogP contribution in [-0.4, -0.2) is 26.2 Å². The van der Waals surface area contributed by atoms with Gasteiger partial charge in [-0.15, -0.1) is 0 Å². The number of hydrogen-bond donors (Lipinski definition) is 0. The zero-order chi connectivity index (χ0) is 10.0. The molecule has 4 heteroatoms. The summed E-state index contributed by atoms with van der Waals surface area (Å²) in [5, 5.41) is 5.09. The molecule has 0 aromatic heterocycles. The second kappa shape index (κ2) is 4.18. The van der Waals surface area contributed by atoms with E-state index < -0.39 is 0 Å². The van der Waals surface area contributed by atoms with Gasteiger partial charge >= 0.3 is 0 Å². The fraction of sp³-hybridized carbons (Fsp3) is 0.333. The molecular weight excluding hydrogens is 207 g/mol. The number of benzene rings is 1. The van der Waals surface area contributed by atoms with Crippen LogP contribution in [0.1, 0.15) is 0 Å². The van der Waals surface area contributed by atoms with E-state index in [1.807, 2.05) is 43.3 Å². The van der Waals surface area contributed by atoms with Gasteiger partial charge in [-0.05, 0) is 18.2 Å². The third-order valence-electron chi connectivity index (χ3n) is 1.88. The van der Waals surface area contributed by atoms with Crippen LogP contribution in [0.2, 0.25) is 10.0 Å². The predicted molar refractivity (Wildman–Crippen MR) is 58.6 cm³/mol. The molecule has 0 spiro atoms. The zero-order valence-electron chi connectivity index (χ0n) is 7.88. The predicted octanol–water partition coefficient (Wildman–Crippen LogP) is 2.91. The maximum Gasteiger partial charge on any atom is 0.0613 e. The Morgan fingerprint density at radius 2 is 1.62 bits per heavy atom. The molecule has 0 radical (unpaired) electrons. The van der Waals surface area contributed by atoms with Gasteiger partial charge in [0.25, 0.3) is 0 Å². The molecule has 0 aliphatic heterocycles. The number of rotatable bonds is 2. The molecular formula is C9H12Cl2N2. The van der Waals surface area contributed by atoms with E-state index in [1.165, 1.54) is 0 Å². The van der Waals surface area contributed by atoms with E-state index in [2.05, 4.69) is 0 Å². The van der Waals surface area contributed by atoms with E-state index in [0.29, 0.717) is 10.0 Å². The van der Waals surface area contributed by atoms with Crippen molar-refractivity contribution in [2.24, 2.45) is 0 Å². The molecule has 0 unspecified atom stereocenters. The summed E-state index contributed by atoms with van der Waals surface area (Å²) in [5.41, 5.74) is 1.01. The topological polar surface area (TPSA) is 6.48 Å². The molecule has 0 amide bonds. The monoisotopic (exact) mass is 218 g/mol. The molecule has 0 saturated heterocycles. The first-order valence-corrected chi connectivity index (χ1v) is 4.64. The Bertz CT molecular complexity index is 300. The Labute approximate surface area is 88.6 Å². The highest BCUT2D eigenvalue weighted by molar-refractivity contribution is 6.42. The highest BCUT2D eigenvalue weighted by atomic mass is 35.5. The largest absolute Gasteiger partial charge is 0.309 e. The smallest absolute Gasteiger partial charge is 0.0613 e. The molecule has 13 heavy (non-hydrogen) atoms. The van der Waals surface area contributed by atoms with Gasteiger partial charge in [0.05, 0.1) is 15.7 Å². The van der Waals surface area contributed by atoms with E-state index in [4.69, 9.17) is 23.2 Å². The number of hydrogen-bond acceptors (Lipinski definition) is 2. The lowest BCUT2D eigenvalue weighted by atomic mass is 10.3. The third kappa shape index (κ3) is 2.50. The van der Waals surface area contributed by atoms with Crippen LogP contribution in [0.15, 0.2) is 18.2 Å². The van der Waals surface area contributed by atoms with Gasteiger partial charge in [-0.2, -0.15) is 0 Å². The van der Waals surface area contributed by atoms with E-state index in [9.17, 15) is 0 Å². The van der Waals surface area contributed by atoms with Gasteiger partial charge in [0, 0.05) is 21.1 Å². The minimum absolute atomic E-state index is 0.577. The fourth-order valence-electron chi connectivity index (χ4n) is 0.917. The van der Waals surface area contributed by atoms with Crippen molar-refractivity contribution in [1.29, 1.82) is 0 Å². The van der Waals surface area contributed by atoms with Crippen molar-refractivity contribution >= 4 is 28.9 Å². The van der Waals surface area contributed by atoms with Gasteiger partial charge < -0.3 is 5.01 Å². The average Bonchev–Trinajstić information content (AvgIpc) is 2.08. The molecule has 0 atom stereocenters. The minimum Gasteiger partial charge on any atom is -0.309 e. The number of nitrogens with zero attached hydrogens (tertiary/aromatic N) is 2. The second-order valence-corrected chi connectivity index (χ2v) is 3.78. The molecule has 1 rings (SSSR count). The number of anilines is 1. The van der Waals surface area contributed by atoms with E-state index in [0.717, 1.165) is 5.69 Å². The van der Waals surface area contributed by atoms with Crippen LogP contribution in [0, 0.1) is 0 Å². The molecule has 72 valence electrons. The standard InChI is InChI=1S/C9H12Cl2N2/c1-12(2)13(3)7-4-5-8(10)9(11)6-7/h4-6H,1-3H3. The number of hydrazine groups is 1. The lowest BCUT2D eigenvalue weighted by Gasteiger charge is -2.26. The summed E-state index contributed by atoms with van der Waals surface area (Å²) in [6, 6.07) is 5.55. The first-order valence-electron chi connectivity index (χ1n) is 3.88. The van der Waals surface area contributed by atoms with E-state index in [1.54, 1.807) is 6.07 Å². The molecule has 0 bridgehead atoms. The van der Waals surface area contributed by atoms with Crippen molar-refractivity contribution < 1.29 is 0 Å². The molecule has 0 fully saturated rings. The average molecular weight is 219 g/mol. The molecule has 0 N–H and O–H groups in total. The molecule has 0 aliphatic carbocycles. The van der Waals surface area contributed by atoms with Crippen LogP contribution < -0.4 is 5.01 Å². The Hall–Kier alpha value is -0.440. The van der Waals surface area contributed by atoms with Crippen molar-refractivity contribution in [2.45, 2.75) is 0 Å². The van der Waals surface area contributed by atoms with Gasteiger partial charge in [-0.25, -0.2) is 5.01 Å². The summed E-state index contributed by atoms with van der Waals surface area (Å²) in [4.78, 5) is 0. The highest BCUT2D eigenvalue weighted by Crippen LogP contribution is 2.26. The van der Waals surface area contributed by atoms with Crippen molar-refractivity contribution in [2.75, 3.05) is 26.2 Å². The van der Waals surface area contributed by atoms with Crippen molar-refractivity contribution in [3.05, 3.63) is 28.2 Å². The quantitative estimate of drug-likeness (QED) is 0.705. The Morgan fingerprint density at radius 1 is 1.00 bits per heavy atom. The molecule has 2 nitrogen and oxygen atoms in total. The normalized spacial score (nSPS) is 10.6. The van der Waals surface area contributed by atoms with Crippen molar-refractivity contribution in [3.8, 4) is 0 Å². The molecule has 1 aromatic rings. The lowest BCUT2D eigenvalue weighted by Crippen LogP contribution is -2.32. The summed E-state index contributed by atoms with van der Waals surface area (Å²) in [6.45, 7) is 0. The summed E-state index contributed by atoms with van der Waals surface area (Å²) in [6.07, 6.45) is 0. The Morgan fingerprint density at radius 3 is 2.08 bits per heavy atom. The van der Waals surface area contributed by atoms with Crippen LogP contribution in [0.4, 0.5) is 5.69 Å². The van der Waals surface area contributed by atoms with Gasteiger partial charge in [0.1, 0.15) is 0 Å². The van der Waals surface area contributed by atoms with Crippen LogP contribution in [0.3, 0.4) is 0 Å².